The molecule has 130 valence electrons. The number of rotatable bonds is 6. The smallest absolute Gasteiger partial charge is 0.240 e. The van der Waals surface area contributed by atoms with Gasteiger partial charge < -0.3 is 9.26 Å². The summed E-state index contributed by atoms with van der Waals surface area (Å²) in [5, 5.41) is 15.9. The number of carbonyl (C=O) groups is 1. The summed E-state index contributed by atoms with van der Waals surface area (Å²) in [7, 11) is 1.59. The highest BCUT2D eigenvalue weighted by Crippen LogP contribution is 2.24. The van der Waals surface area contributed by atoms with Gasteiger partial charge in [0.1, 0.15) is 11.6 Å². The van der Waals surface area contributed by atoms with Crippen LogP contribution in [0.2, 0.25) is 0 Å². The number of amides is 1. The summed E-state index contributed by atoms with van der Waals surface area (Å²) in [6.45, 7) is 4.12. The lowest BCUT2D eigenvalue weighted by atomic mass is 9.97. The Labute approximate surface area is 143 Å². The molecule has 3 heterocycles. The van der Waals surface area contributed by atoms with E-state index in [1.165, 1.54) is 11.3 Å². The Morgan fingerprint density at radius 1 is 1.50 bits per heavy atom. The predicted octanol–water partition coefficient (Wildman–Crippen LogP) is 1.19. The Morgan fingerprint density at radius 3 is 3.12 bits per heavy atom. The minimum Gasteiger partial charge on any atom is -0.377 e. The summed E-state index contributed by atoms with van der Waals surface area (Å²) < 4.78 is 10.0. The number of carbonyl (C=O) groups excluding carboxylic acids is 1. The lowest BCUT2D eigenvalue weighted by molar-refractivity contribution is -0.117. The maximum absolute atomic E-state index is 12.2. The van der Waals surface area contributed by atoms with Crippen molar-refractivity contribution in [1.82, 2.24) is 25.2 Å². The fourth-order valence-electron chi connectivity index (χ4n) is 2.74. The SMILES string of the molecule is COCc1nnc(NC(=O)CN2CCC[C@H](c3noc(C)n3)C2)s1. The third-order valence-corrected chi connectivity index (χ3v) is 4.57. The summed E-state index contributed by atoms with van der Waals surface area (Å²) in [5.41, 5.74) is 0. The van der Waals surface area contributed by atoms with Crippen molar-refractivity contribution in [3.8, 4) is 0 Å². The average molecular weight is 352 g/mol. The van der Waals surface area contributed by atoms with E-state index in [0.717, 1.165) is 36.8 Å². The molecule has 9 nitrogen and oxygen atoms in total. The lowest BCUT2D eigenvalue weighted by Gasteiger charge is -2.30. The molecule has 0 bridgehead atoms. The third-order valence-electron chi connectivity index (χ3n) is 3.76. The first-order valence-electron chi connectivity index (χ1n) is 7.77. The largest absolute Gasteiger partial charge is 0.377 e. The molecule has 2 aromatic rings. The van der Waals surface area contributed by atoms with Crippen LogP contribution in [-0.4, -0.2) is 57.9 Å². The number of hydrogen-bond donors (Lipinski definition) is 1. The first-order chi connectivity index (χ1) is 11.6. The number of likely N-dealkylation sites (tertiary alicyclic amines) is 1. The second kappa shape index (κ2) is 7.77. The first kappa shape index (κ1) is 16.9. The Hall–Kier alpha value is -1.91. The number of piperidine rings is 1. The van der Waals surface area contributed by atoms with Gasteiger partial charge in [0.15, 0.2) is 5.82 Å². The molecule has 1 aliphatic rings. The number of anilines is 1. The van der Waals surface area contributed by atoms with Crippen LogP contribution in [0.15, 0.2) is 4.52 Å². The van der Waals surface area contributed by atoms with Crippen LogP contribution < -0.4 is 5.32 Å². The number of nitrogens with one attached hydrogen (secondary N) is 1. The fourth-order valence-corrected chi connectivity index (χ4v) is 3.47. The van der Waals surface area contributed by atoms with Gasteiger partial charge in [-0.3, -0.25) is 15.0 Å². The highest BCUT2D eigenvalue weighted by Gasteiger charge is 2.26. The molecule has 3 rings (SSSR count). The third kappa shape index (κ3) is 4.34. The van der Waals surface area contributed by atoms with Crippen LogP contribution in [0, 0.1) is 6.92 Å². The summed E-state index contributed by atoms with van der Waals surface area (Å²) in [4.78, 5) is 18.6. The normalized spacial score (nSPS) is 18.7. The van der Waals surface area contributed by atoms with Crippen LogP contribution in [0.1, 0.15) is 35.5 Å². The summed E-state index contributed by atoms with van der Waals surface area (Å²) in [6.07, 6.45) is 2.01. The molecule has 0 saturated carbocycles. The van der Waals surface area contributed by atoms with Crippen LogP contribution in [0.25, 0.3) is 0 Å². The minimum absolute atomic E-state index is 0.0972. The van der Waals surface area contributed by atoms with Crippen LogP contribution in [0.3, 0.4) is 0 Å². The monoisotopic (exact) mass is 352 g/mol. The molecule has 0 spiro atoms. The van der Waals surface area contributed by atoms with Gasteiger partial charge in [-0.15, -0.1) is 10.2 Å². The van der Waals surface area contributed by atoms with Gasteiger partial charge in [-0.2, -0.15) is 4.98 Å². The van der Waals surface area contributed by atoms with Gasteiger partial charge in [0.05, 0.1) is 6.54 Å². The molecule has 1 atom stereocenters. The Balaban J connectivity index is 1.51. The van der Waals surface area contributed by atoms with Crippen LogP contribution in [0.4, 0.5) is 5.13 Å². The van der Waals surface area contributed by atoms with E-state index in [2.05, 4.69) is 30.6 Å². The average Bonchev–Trinajstić information content (AvgIpc) is 3.17. The van der Waals surface area contributed by atoms with Crippen molar-refractivity contribution >= 4 is 22.4 Å². The van der Waals surface area contributed by atoms with E-state index in [0.29, 0.717) is 24.2 Å². The summed E-state index contributed by atoms with van der Waals surface area (Å²) in [6, 6.07) is 0. The molecule has 1 saturated heterocycles. The van der Waals surface area contributed by atoms with Crippen LogP contribution >= 0.6 is 11.3 Å². The number of aryl methyl sites for hydroxylation is 1. The number of ether oxygens (including phenoxy) is 1. The van der Waals surface area contributed by atoms with E-state index in [4.69, 9.17) is 9.26 Å². The van der Waals surface area contributed by atoms with Gasteiger partial charge in [-0.1, -0.05) is 16.5 Å². The molecule has 1 aliphatic heterocycles. The molecule has 10 heteroatoms. The van der Waals surface area contributed by atoms with Crippen molar-refractivity contribution in [3.05, 3.63) is 16.7 Å². The van der Waals surface area contributed by atoms with Gasteiger partial charge in [0.2, 0.25) is 16.9 Å². The zero-order valence-electron chi connectivity index (χ0n) is 13.7. The molecule has 0 radical (unpaired) electrons. The minimum atomic E-state index is -0.0972. The van der Waals surface area contributed by atoms with E-state index >= 15 is 0 Å². The number of nitrogens with zero attached hydrogens (tertiary/aromatic N) is 5. The highest BCUT2D eigenvalue weighted by atomic mass is 32.1. The zero-order valence-corrected chi connectivity index (χ0v) is 14.5. The standard InChI is InChI=1S/C14H20N6O3S/c1-9-15-13(19-23-9)10-4-3-5-20(6-10)7-11(21)16-14-18-17-12(24-14)8-22-2/h10H,3-8H2,1-2H3,(H,16,18,21)/t10-/m0/s1. The molecular formula is C14H20N6O3S. The molecule has 1 fully saturated rings. The predicted molar refractivity (Wildman–Crippen MR) is 86.7 cm³/mol. The Bertz CT molecular complexity index is 688. The topological polar surface area (TPSA) is 106 Å². The maximum Gasteiger partial charge on any atom is 0.240 e. The number of hydrogen-bond acceptors (Lipinski definition) is 9. The van der Waals surface area contributed by atoms with Crippen molar-refractivity contribution in [2.75, 3.05) is 32.1 Å². The molecule has 24 heavy (non-hydrogen) atoms. The second-order valence-electron chi connectivity index (χ2n) is 5.73. The highest BCUT2D eigenvalue weighted by molar-refractivity contribution is 7.15. The number of methoxy groups -OCH3 is 1. The van der Waals surface area contributed by atoms with Gasteiger partial charge in [0.25, 0.3) is 0 Å². The van der Waals surface area contributed by atoms with Crippen molar-refractivity contribution < 1.29 is 14.1 Å². The van der Waals surface area contributed by atoms with Gasteiger partial charge >= 0.3 is 0 Å². The van der Waals surface area contributed by atoms with E-state index in [-0.39, 0.29) is 11.8 Å². The first-order valence-corrected chi connectivity index (χ1v) is 8.59. The van der Waals surface area contributed by atoms with Crippen molar-refractivity contribution in [2.24, 2.45) is 0 Å². The molecule has 0 unspecified atom stereocenters. The van der Waals surface area contributed by atoms with E-state index < -0.39 is 0 Å². The van der Waals surface area contributed by atoms with Crippen LogP contribution in [0.5, 0.6) is 0 Å². The van der Waals surface area contributed by atoms with Gasteiger partial charge in [0, 0.05) is 26.5 Å². The molecule has 1 amide bonds. The van der Waals surface area contributed by atoms with Gasteiger partial charge in [-0.05, 0) is 19.4 Å². The molecule has 0 aromatic carbocycles. The molecule has 1 N–H and O–H groups in total. The van der Waals surface area contributed by atoms with Crippen molar-refractivity contribution in [1.29, 1.82) is 0 Å². The summed E-state index contributed by atoms with van der Waals surface area (Å²) >= 11 is 1.32. The number of aromatic nitrogens is 4. The van der Waals surface area contributed by atoms with Crippen molar-refractivity contribution in [3.63, 3.8) is 0 Å². The Morgan fingerprint density at radius 2 is 2.38 bits per heavy atom. The maximum atomic E-state index is 12.2. The lowest BCUT2D eigenvalue weighted by Crippen LogP contribution is -2.40. The Kier molecular flexibility index (Phi) is 5.48. The quantitative estimate of drug-likeness (QED) is 0.826. The second-order valence-corrected chi connectivity index (χ2v) is 6.79. The van der Waals surface area contributed by atoms with E-state index in [1.807, 2.05) is 0 Å². The summed E-state index contributed by atoms with van der Waals surface area (Å²) in [5.74, 6) is 1.41. The zero-order chi connectivity index (χ0) is 16.9. The van der Waals surface area contributed by atoms with E-state index in [9.17, 15) is 4.79 Å². The molecule has 2 aromatic heterocycles. The van der Waals surface area contributed by atoms with Gasteiger partial charge in [-0.25, -0.2) is 0 Å². The van der Waals surface area contributed by atoms with Crippen molar-refractivity contribution in [2.45, 2.75) is 32.3 Å². The van der Waals surface area contributed by atoms with Crippen LogP contribution in [-0.2, 0) is 16.1 Å². The fraction of sp³-hybridized carbons (Fsp3) is 0.643. The molecule has 0 aliphatic carbocycles. The molecular weight excluding hydrogens is 332 g/mol. The van der Waals surface area contributed by atoms with E-state index in [1.54, 1.807) is 14.0 Å².